The zero-order chi connectivity index (χ0) is 19.8. The second-order valence-corrected chi connectivity index (χ2v) is 5.54. The third kappa shape index (κ3) is 5.09. The van der Waals surface area contributed by atoms with E-state index < -0.39 is 35.2 Å². The van der Waals surface area contributed by atoms with E-state index in [-0.39, 0.29) is 13.2 Å². The first-order chi connectivity index (χ1) is 13.0. The number of carbonyl (C=O) groups excluding carboxylic acids is 2. The number of carbonyl (C=O) groups is 2. The minimum atomic E-state index is -1.42. The lowest BCUT2D eigenvalue weighted by Gasteiger charge is -2.22. The van der Waals surface area contributed by atoms with Crippen molar-refractivity contribution in [1.82, 2.24) is 14.8 Å². The molecule has 0 amide bonds. The van der Waals surface area contributed by atoms with Gasteiger partial charge in [-0.15, -0.1) is 0 Å². The molecule has 144 valence electrons. The molecule has 0 aliphatic heterocycles. The van der Waals surface area contributed by atoms with E-state index in [2.05, 4.69) is 10.1 Å². The summed E-state index contributed by atoms with van der Waals surface area (Å²) in [5.74, 6) is -4.14. The van der Waals surface area contributed by atoms with Crippen molar-refractivity contribution >= 4 is 11.9 Å². The maximum absolute atomic E-state index is 12.3. The standard InChI is InChI=1S/C17H20N4O6/c1-3-26-16(22)15(17(23)27-4-2)14(9-21(24)25)12-5-7-13(8-6-12)20-11-18-10-19-20/h5-8,10-11,14-15H,3-4,9H2,1-2H3. The fraction of sp³-hybridized carbons (Fsp3) is 0.412. The fourth-order valence-corrected chi connectivity index (χ4v) is 2.67. The van der Waals surface area contributed by atoms with Gasteiger partial charge in [0.25, 0.3) is 0 Å². The van der Waals surface area contributed by atoms with Crippen LogP contribution in [0.1, 0.15) is 25.3 Å². The van der Waals surface area contributed by atoms with Crippen molar-refractivity contribution in [2.24, 2.45) is 5.92 Å². The lowest BCUT2D eigenvalue weighted by Crippen LogP contribution is -2.36. The Morgan fingerprint density at radius 3 is 2.19 bits per heavy atom. The van der Waals surface area contributed by atoms with Crippen molar-refractivity contribution in [3.05, 3.63) is 52.6 Å². The number of ether oxygens (including phenoxy) is 2. The van der Waals surface area contributed by atoms with Gasteiger partial charge in [-0.1, -0.05) is 12.1 Å². The molecule has 0 spiro atoms. The van der Waals surface area contributed by atoms with Gasteiger partial charge in [0.2, 0.25) is 6.54 Å². The van der Waals surface area contributed by atoms with Crippen LogP contribution in [0.2, 0.25) is 0 Å². The van der Waals surface area contributed by atoms with E-state index >= 15 is 0 Å². The normalized spacial score (nSPS) is 11.8. The summed E-state index contributed by atoms with van der Waals surface area (Å²) in [6, 6.07) is 6.56. The number of rotatable bonds is 9. The minimum absolute atomic E-state index is 0.0468. The molecule has 0 N–H and O–H groups in total. The molecule has 1 atom stereocenters. The molecular weight excluding hydrogens is 356 g/mol. The molecule has 27 heavy (non-hydrogen) atoms. The van der Waals surface area contributed by atoms with Crippen molar-refractivity contribution in [2.45, 2.75) is 19.8 Å². The molecule has 2 rings (SSSR count). The molecule has 2 aromatic rings. The first kappa shape index (κ1) is 20.0. The van der Waals surface area contributed by atoms with Crippen LogP contribution in [0.15, 0.2) is 36.9 Å². The first-order valence-corrected chi connectivity index (χ1v) is 8.37. The highest BCUT2D eigenvalue weighted by atomic mass is 16.6. The topological polar surface area (TPSA) is 126 Å². The van der Waals surface area contributed by atoms with E-state index in [0.717, 1.165) is 0 Å². The smallest absolute Gasteiger partial charge is 0.321 e. The molecule has 0 bridgehead atoms. The van der Waals surface area contributed by atoms with Crippen LogP contribution < -0.4 is 0 Å². The maximum Gasteiger partial charge on any atom is 0.321 e. The highest BCUT2D eigenvalue weighted by Gasteiger charge is 2.41. The van der Waals surface area contributed by atoms with Crippen molar-refractivity contribution in [2.75, 3.05) is 19.8 Å². The van der Waals surface area contributed by atoms with Crippen molar-refractivity contribution < 1.29 is 24.0 Å². The number of hydrogen-bond donors (Lipinski definition) is 0. The Morgan fingerprint density at radius 1 is 1.15 bits per heavy atom. The van der Waals surface area contributed by atoms with Gasteiger partial charge in [-0.25, -0.2) is 9.67 Å². The minimum Gasteiger partial charge on any atom is -0.465 e. The zero-order valence-corrected chi connectivity index (χ0v) is 15.0. The summed E-state index contributed by atoms with van der Waals surface area (Å²) < 4.78 is 11.4. The summed E-state index contributed by atoms with van der Waals surface area (Å²) in [6.45, 7) is 2.66. The van der Waals surface area contributed by atoms with Crippen LogP contribution in [-0.4, -0.2) is 51.4 Å². The Morgan fingerprint density at radius 2 is 1.74 bits per heavy atom. The molecule has 1 aromatic heterocycles. The molecule has 10 nitrogen and oxygen atoms in total. The Bertz CT molecular complexity index is 757. The van der Waals surface area contributed by atoms with Gasteiger partial charge in [0.1, 0.15) is 12.7 Å². The van der Waals surface area contributed by atoms with Gasteiger partial charge in [-0.3, -0.25) is 19.7 Å². The van der Waals surface area contributed by atoms with E-state index in [1.54, 1.807) is 38.1 Å². The molecule has 0 radical (unpaired) electrons. The number of nitrogens with zero attached hydrogens (tertiary/aromatic N) is 4. The number of nitro groups is 1. The van der Waals surface area contributed by atoms with E-state index in [1.165, 1.54) is 17.3 Å². The maximum atomic E-state index is 12.3. The molecule has 1 heterocycles. The second-order valence-electron chi connectivity index (χ2n) is 5.54. The second kappa shape index (κ2) is 9.41. The van der Waals surface area contributed by atoms with Crippen LogP contribution in [0.3, 0.4) is 0 Å². The highest BCUT2D eigenvalue weighted by Crippen LogP contribution is 2.28. The summed E-state index contributed by atoms with van der Waals surface area (Å²) in [7, 11) is 0. The van der Waals surface area contributed by atoms with Gasteiger partial charge in [-0.05, 0) is 31.5 Å². The molecule has 1 unspecified atom stereocenters. The first-order valence-electron chi connectivity index (χ1n) is 8.37. The number of aromatic nitrogens is 3. The van der Waals surface area contributed by atoms with Gasteiger partial charge in [0.05, 0.1) is 24.8 Å². The molecule has 1 aromatic carbocycles. The average Bonchev–Trinajstić information content (AvgIpc) is 3.16. The van der Waals surface area contributed by atoms with Crippen LogP contribution in [0.4, 0.5) is 0 Å². The van der Waals surface area contributed by atoms with Crippen LogP contribution in [0.25, 0.3) is 5.69 Å². The van der Waals surface area contributed by atoms with Gasteiger partial charge >= 0.3 is 11.9 Å². The van der Waals surface area contributed by atoms with E-state index in [0.29, 0.717) is 11.3 Å². The molecular formula is C17H20N4O6. The zero-order valence-electron chi connectivity index (χ0n) is 15.0. The Balaban J connectivity index is 2.39. The highest BCUT2D eigenvalue weighted by molar-refractivity contribution is 5.96. The van der Waals surface area contributed by atoms with Gasteiger partial charge in [0, 0.05) is 4.92 Å². The van der Waals surface area contributed by atoms with Crippen LogP contribution >= 0.6 is 0 Å². The van der Waals surface area contributed by atoms with E-state index in [4.69, 9.17) is 9.47 Å². The quantitative estimate of drug-likeness (QED) is 0.278. The Labute approximate surface area is 155 Å². The van der Waals surface area contributed by atoms with Gasteiger partial charge in [0.15, 0.2) is 5.92 Å². The largest absolute Gasteiger partial charge is 0.465 e. The van der Waals surface area contributed by atoms with Crippen LogP contribution in [-0.2, 0) is 19.1 Å². The number of hydrogen-bond acceptors (Lipinski definition) is 8. The predicted molar refractivity (Wildman–Crippen MR) is 92.7 cm³/mol. The molecule has 10 heteroatoms. The number of esters is 2. The lowest BCUT2D eigenvalue weighted by atomic mass is 9.85. The third-order valence-electron chi connectivity index (χ3n) is 3.83. The van der Waals surface area contributed by atoms with E-state index in [1.807, 2.05) is 0 Å². The predicted octanol–water partition coefficient (Wildman–Crippen LogP) is 1.37. The van der Waals surface area contributed by atoms with Crippen molar-refractivity contribution in [1.29, 1.82) is 0 Å². The molecule has 0 fully saturated rings. The summed E-state index contributed by atoms with van der Waals surface area (Å²) in [4.78, 5) is 39.1. The average molecular weight is 376 g/mol. The van der Waals surface area contributed by atoms with Gasteiger partial charge < -0.3 is 9.47 Å². The van der Waals surface area contributed by atoms with Crippen LogP contribution in [0, 0.1) is 16.0 Å². The molecule has 0 saturated carbocycles. The van der Waals surface area contributed by atoms with Crippen LogP contribution in [0.5, 0.6) is 0 Å². The molecule has 0 aliphatic rings. The summed E-state index contributed by atoms with van der Waals surface area (Å²) in [5, 5.41) is 15.2. The Hall–Kier alpha value is -3.30. The third-order valence-corrected chi connectivity index (χ3v) is 3.83. The molecule has 0 saturated heterocycles. The van der Waals surface area contributed by atoms with Crippen molar-refractivity contribution in [3.8, 4) is 5.69 Å². The lowest BCUT2D eigenvalue weighted by molar-refractivity contribution is -0.484. The Kier molecular flexibility index (Phi) is 6.98. The fourth-order valence-electron chi connectivity index (χ4n) is 2.67. The summed E-state index contributed by atoms with van der Waals surface area (Å²) in [5.41, 5.74) is 1.13. The van der Waals surface area contributed by atoms with Gasteiger partial charge in [-0.2, -0.15) is 5.10 Å². The van der Waals surface area contributed by atoms with Crippen molar-refractivity contribution in [3.63, 3.8) is 0 Å². The summed E-state index contributed by atoms with van der Waals surface area (Å²) >= 11 is 0. The SMILES string of the molecule is CCOC(=O)C(C(=O)OCC)C(C[N+](=O)[O-])c1ccc(-n2cncn2)cc1. The molecule has 0 aliphatic carbocycles. The monoisotopic (exact) mass is 376 g/mol. The number of benzene rings is 1. The summed E-state index contributed by atoms with van der Waals surface area (Å²) in [6.07, 6.45) is 2.88. The van der Waals surface area contributed by atoms with E-state index in [9.17, 15) is 19.7 Å².